The van der Waals surface area contributed by atoms with Gasteiger partial charge < -0.3 is 18.9 Å². The molecule has 0 saturated carbocycles. The number of fused-ring (bicyclic) bond motifs is 2. The minimum absolute atomic E-state index is 0.0655. The number of hydrogen-bond donors (Lipinski definition) is 0. The summed E-state index contributed by atoms with van der Waals surface area (Å²) in [4.78, 5) is 33.2. The van der Waals surface area contributed by atoms with Crippen molar-refractivity contribution in [1.29, 1.82) is 0 Å². The number of ether oxygens (including phenoxy) is 2. The number of para-hydroxylation sites is 1. The summed E-state index contributed by atoms with van der Waals surface area (Å²) in [6, 6.07) is 11.8. The molecule has 1 unspecified atom stereocenters. The Morgan fingerprint density at radius 2 is 1.90 bits per heavy atom. The van der Waals surface area contributed by atoms with Crippen molar-refractivity contribution in [2.24, 2.45) is 0 Å². The summed E-state index contributed by atoms with van der Waals surface area (Å²) < 4.78 is 31.6. The van der Waals surface area contributed by atoms with Crippen LogP contribution < -0.4 is 10.3 Å². The van der Waals surface area contributed by atoms with Crippen molar-refractivity contribution in [3.05, 3.63) is 87.0 Å². The summed E-state index contributed by atoms with van der Waals surface area (Å²) >= 11 is 0. The molecule has 0 aliphatic carbocycles. The smallest absolute Gasteiger partial charge is 0.422 e. The minimum atomic E-state index is -0.803. The molecule has 0 spiro atoms. The first-order valence-electron chi connectivity index (χ1n) is 14.2. The Balaban J connectivity index is 1.09. The third-order valence-corrected chi connectivity index (χ3v) is 8.27. The van der Waals surface area contributed by atoms with E-state index in [0.717, 1.165) is 49.1 Å². The van der Waals surface area contributed by atoms with E-state index in [0.29, 0.717) is 54.2 Å². The van der Waals surface area contributed by atoms with Gasteiger partial charge in [-0.15, -0.1) is 0 Å². The molecule has 214 valence electrons. The van der Waals surface area contributed by atoms with Crippen LogP contribution in [0.25, 0.3) is 11.0 Å². The molecule has 2 aromatic heterocycles. The van der Waals surface area contributed by atoms with Crippen molar-refractivity contribution >= 4 is 17.1 Å². The molecular formula is C31H33FN4O5. The van der Waals surface area contributed by atoms with Crippen molar-refractivity contribution < 1.29 is 23.2 Å². The summed E-state index contributed by atoms with van der Waals surface area (Å²) in [6.07, 6.45) is 2.27. The topological polar surface area (TPSA) is 99.7 Å². The molecule has 2 aromatic carbocycles. The summed E-state index contributed by atoms with van der Waals surface area (Å²) in [5, 5.41) is 5.11. The molecular weight excluding hydrogens is 527 g/mol. The van der Waals surface area contributed by atoms with Gasteiger partial charge in [-0.3, -0.25) is 9.36 Å². The normalized spacial score (nSPS) is 17.9. The lowest BCUT2D eigenvalue weighted by Crippen LogP contribution is -2.38. The highest BCUT2D eigenvalue weighted by atomic mass is 19.1. The number of likely N-dealkylation sites (tertiary alicyclic amines) is 1. The van der Waals surface area contributed by atoms with E-state index >= 15 is 0 Å². The number of nitrogens with zero attached hydrogens (tertiary/aromatic N) is 4. The van der Waals surface area contributed by atoms with Crippen LogP contribution in [0.1, 0.15) is 66.0 Å². The lowest BCUT2D eigenvalue weighted by molar-refractivity contribution is 0.0399. The Morgan fingerprint density at radius 3 is 2.71 bits per heavy atom. The van der Waals surface area contributed by atoms with Gasteiger partial charge in [0.15, 0.2) is 17.5 Å². The first kappa shape index (κ1) is 27.1. The third-order valence-electron chi connectivity index (χ3n) is 8.27. The maximum Gasteiger partial charge on any atom is 0.514 e. The lowest BCUT2D eigenvalue weighted by atomic mass is 9.91. The molecule has 4 heterocycles. The van der Waals surface area contributed by atoms with Crippen LogP contribution in [0.4, 0.5) is 9.18 Å². The number of rotatable bonds is 6. The van der Waals surface area contributed by atoms with Gasteiger partial charge >= 0.3 is 6.16 Å². The minimum Gasteiger partial charge on any atom is -0.422 e. The molecule has 1 atom stereocenters. The summed E-state index contributed by atoms with van der Waals surface area (Å²) in [7, 11) is 0. The second-order valence-corrected chi connectivity index (χ2v) is 10.9. The molecule has 2 aliphatic heterocycles. The van der Waals surface area contributed by atoms with E-state index < -0.39 is 12.3 Å². The van der Waals surface area contributed by atoms with Gasteiger partial charge in [0.25, 0.3) is 5.56 Å². The van der Waals surface area contributed by atoms with E-state index in [-0.39, 0.29) is 17.3 Å². The number of piperidine rings is 1. The van der Waals surface area contributed by atoms with Crippen LogP contribution in [-0.2, 0) is 17.7 Å². The number of carbonyl (C=O) groups excluding carboxylic acids is 1. The Bertz CT molecular complexity index is 1640. The van der Waals surface area contributed by atoms with Gasteiger partial charge in [0.1, 0.15) is 11.6 Å². The fraction of sp³-hybridized carbons (Fsp3) is 0.419. The number of carbonyl (C=O) groups is 1. The zero-order valence-corrected chi connectivity index (χ0v) is 23.3. The fourth-order valence-electron chi connectivity index (χ4n) is 5.97. The van der Waals surface area contributed by atoms with Crippen molar-refractivity contribution in [3.63, 3.8) is 0 Å². The van der Waals surface area contributed by atoms with Gasteiger partial charge in [-0.1, -0.05) is 23.4 Å². The van der Waals surface area contributed by atoms with Crippen LogP contribution in [0.2, 0.25) is 0 Å². The Hall–Kier alpha value is -4.05. The van der Waals surface area contributed by atoms with Gasteiger partial charge in [-0.25, -0.2) is 14.2 Å². The zero-order chi connectivity index (χ0) is 28.5. The lowest BCUT2D eigenvalue weighted by Gasteiger charge is -2.31. The van der Waals surface area contributed by atoms with Crippen molar-refractivity contribution in [3.8, 4) is 5.75 Å². The van der Waals surface area contributed by atoms with Gasteiger partial charge in [-0.05, 0) is 82.8 Å². The maximum atomic E-state index is 13.5. The molecule has 2 aliphatic rings. The quantitative estimate of drug-likeness (QED) is 0.222. The summed E-state index contributed by atoms with van der Waals surface area (Å²) in [5.41, 5.74) is 3.50. The molecule has 6 rings (SSSR count). The molecule has 1 saturated heterocycles. The van der Waals surface area contributed by atoms with Gasteiger partial charge in [0.05, 0.1) is 5.69 Å². The largest absolute Gasteiger partial charge is 0.514 e. The standard InChI is InChI=1S/C31H33FN4O5/c1-19-6-3-4-7-25(19)39-31(38)40-26-8-5-14-36-29(26)33-20(2)23(30(36)37)13-17-35-15-11-21(12-16-35)28-24-10-9-22(32)18-27(24)41-34-28/h3-4,6-7,9-10,18,21,26H,5,8,11-17H2,1-2H3. The molecule has 9 nitrogen and oxygen atoms in total. The Labute approximate surface area is 236 Å². The molecule has 0 radical (unpaired) electrons. The van der Waals surface area contributed by atoms with Crippen LogP contribution in [-0.4, -0.2) is 45.4 Å². The number of hydrogen-bond acceptors (Lipinski definition) is 8. The van der Waals surface area contributed by atoms with Crippen LogP contribution in [0.3, 0.4) is 0 Å². The fourth-order valence-corrected chi connectivity index (χ4v) is 5.97. The molecule has 1 fully saturated rings. The first-order chi connectivity index (χ1) is 19.9. The van der Waals surface area contributed by atoms with Gasteiger partial charge in [0, 0.05) is 41.7 Å². The van der Waals surface area contributed by atoms with Crippen LogP contribution in [0, 0.1) is 19.7 Å². The Morgan fingerprint density at radius 1 is 1.10 bits per heavy atom. The number of aromatic nitrogens is 3. The molecule has 41 heavy (non-hydrogen) atoms. The average molecular weight is 561 g/mol. The van der Waals surface area contributed by atoms with E-state index in [1.807, 2.05) is 26.0 Å². The summed E-state index contributed by atoms with van der Waals surface area (Å²) in [5.74, 6) is 0.843. The van der Waals surface area contributed by atoms with Gasteiger partial charge in [-0.2, -0.15) is 0 Å². The number of benzene rings is 2. The average Bonchev–Trinajstić information content (AvgIpc) is 3.38. The molecule has 0 amide bonds. The highest BCUT2D eigenvalue weighted by Gasteiger charge is 2.30. The molecule has 0 bridgehead atoms. The number of halogens is 1. The van der Waals surface area contributed by atoms with Crippen molar-refractivity contribution in [2.75, 3.05) is 19.6 Å². The van der Waals surface area contributed by atoms with Crippen molar-refractivity contribution in [1.82, 2.24) is 19.6 Å². The van der Waals surface area contributed by atoms with Gasteiger partial charge in [0.2, 0.25) is 0 Å². The molecule has 10 heteroatoms. The first-order valence-corrected chi connectivity index (χ1v) is 14.2. The van der Waals surface area contributed by atoms with E-state index in [1.54, 1.807) is 22.8 Å². The van der Waals surface area contributed by atoms with Crippen LogP contribution in [0.15, 0.2) is 51.8 Å². The second-order valence-electron chi connectivity index (χ2n) is 10.9. The van der Waals surface area contributed by atoms with Crippen LogP contribution >= 0.6 is 0 Å². The predicted octanol–water partition coefficient (Wildman–Crippen LogP) is 5.61. The SMILES string of the molecule is Cc1ccccc1OC(=O)OC1CCCn2c1nc(C)c(CCN1CCC(c3noc4cc(F)ccc34)CC1)c2=O. The van der Waals surface area contributed by atoms with E-state index in [1.165, 1.54) is 12.1 Å². The van der Waals surface area contributed by atoms with E-state index in [9.17, 15) is 14.0 Å². The monoisotopic (exact) mass is 560 g/mol. The number of aryl methyl sites for hydroxylation is 2. The van der Waals surface area contributed by atoms with E-state index in [2.05, 4.69) is 10.1 Å². The summed E-state index contributed by atoms with van der Waals surface area (Å²) in [6.45, 7) is 6.74. The second kappa shape index (κ2) is 11.4. The highest BCUT2D eigenvalue weighted by molar-refractivity contribution is 5.79. The molecule has 0 N–H and O–H groups in total. The Kier molecular flexibility index (Phi) is 7.57. The molecule has 4 aromatic rings. The zero-order valence-electron chi connectivity index (χ0n) is 23.3. The highest BCUT2D eigenvalue weighted by Crippen LogP contribution is 2.33. The van der Waals surface area contributed by atoms with Crippen molar-refractivity contribution in [2.45, 2.75) is 64.5 Å². The van der Waals surface area contributed by atoms with Crippen LogP contribution in [0.5, 0.6) is 5.75 Å². The van der Waals surface area contributed by atoms with E-state index in [4.69, 9.17) is 19.0 Å². The predicted molar refractivity (Wildman–Crippen MR) is 150 cm³/mol. The third kappa shape index (κ3) is 5.61. The maximum absolute atomic E-state index is 13.5.